The second-order valence-electron chi connectivity index (χ2n) is 4.90. The van der Waals surface area contributed by atoms with E-state index in [1.54, 1.807) is 19.1 Å². The van der Waals surface area contributed by atoms with Crippen LogP contribution in [0.15, 0.2) is 35.3 Å². The van der Waals surface area contributed by atoms with Crippen molar-refractivity contribution >= 4 is 22.6 Å². The lowest BCUT2D eigenvalue weighted by molar-refractivity contribution is 0.102. The number of benzene rings is 1. The highest BCUT2D eigenvalue weighted by Gasteiger charge is 2.11. The van der Waals surface area contributed by atoms with Crippen LogP contribution in [0.4, 0.5) is 5.69 Å². The molecule has 2 aromatic heterocycles. The molecular formula is C15H14N4O2. The van der Waals surface area contributed by atoms with Crippen LogP contribution in [0.1, 0.15) is 21.9 Å². The lowest BCUT2D eigenvalue weighted by Gasteiger charge is -2.05. The smallest absolute Gasteiger partial charge is 0.261 e. The molecule has 1 amide bonds. The highest BCUT2D eigenvalue weighted by Crippen LogP contribution is 2.17. The van der Waals surface area contributed by atoms with Crippen molar-refractivity contribution in [2.24, 2.45) is 0 Å². The molecule has 0 aliphatic rings. The summed E-state index contributed by atoms with van der Waals surface area (Å²) in [4.78, 5) is 34.2. The van der Waals surface area contributed by atoms with Gasteiger partial charge in [0.15, 0.2) is 5.43 Å². The first-order valence-electron chi connectivity index (χ1n) is 6.50. The number of nitrogens with zero attached hydrogens (tertiary/aromatic N) is 1. The molecule has 106 valence electrons. The minimum absolute atomic E-state index is 0.0847. The van der Waals surface area contributed by atoms with Crippen molar-refractivity contribution in [2.45, 2.75) is 13.8 Å². The summed E-state index contributed by atoms with van der Waals surface area (Å²) in [6.45, 7) is 3.63. The van der Waals surface area contributed by atoms with E-state index < -0.39 is 5.91 Å². The number of imidazole rings is 1. The van der Waals surface area contributed by atoms with E-state index in [1.807, 2.05) is 13.0 Å². The number of carbonyl (C=O) groups is 1. The van der Waals surface area contributed by atoms with Gasteiger partial charge in [-0.25, -0.2) is 4.98 Å². The van der Waals surface area contributed by atoms with Crippen LogP contribution in [0.25, 0.3) is 11.0 Å². The number of carbonyl (C=O) groups excluding carboxylic acids is 1. The van der Waals surface area contributed by atoms with Crippen LogP contribution in [0, 0.1) is 13.8 Å². The van der Waals surface area contributed by atoms with E-state index in [2.05, 4.69) is 20.3 Å². The maximum atomic E-state index is 12.1. The maximum absolute atomic E-state index is 12.1. The van der Waals surface area contributed by atoms with E-state index in [4.69, 9.17) is 0 Å². The van der Waals surface area contributed by atoms with Gasteiger partial charge in [0, 0.05) is 23.6 Å². The second-order valence-corrected chi connectivity index (χ2v) is 4.90. The molecular weight excluding hydrogens is 268 g/mol. The third-order valence-electron chi connectivity index (χ3n) is 3.16. The molecule has 3 rings (SSSR count). The largest absolute Gasteiger partial charge is 0.364 e. The van der Waals surface area contributed by atoms with Crippen molar-refractivity contribution in [1.82, 2.24) is 15.0 Å². The topological polar surface area (TPSA) is 90.6 Å². The monoisotopic (exact) mass is 282 g/mol. The van der Waals surface area contributed by atoms with Gasteiger partial charge in [-0.05, 0) is 32.0 Å². The van der Waals surface area contributed by atoms with E-state index in [1.165, 1.54) is 12.3 Å². The van der Waals surface area contributed by atoms with Gasteiger partial charge in [-0.15, -0.1) is 0 Å². The third-order valence-corrected chi connectivity index (χ3v) is 3.16. The zero-order valence-corrected chi connectivity index (χ0v) is 11.7. The summed E-state index contributed by atoms with van der Waals surface area (Å²) in [5.41, 5.74) is 2.77. The number of amides is 1. The standard InChI is InChI=1S/C15H14N4O2/c1-8-5-14(20)11(7-16-8)15(21)19-10-3-4-12-13(6-10)18-9(2)17-12/h3-7H,1-2H3,(H,16,20)(H,17,18)(H,19,21). The summed E-state index contributed by atoms with van der Waals surface area (Å²) in [5.74, 6) is 0.371. The Morgan fingerprint density at radius 3 is 2.81 bits per heavy atom. The van der Waals surface area contributed by atoms with Crippen LogP contribution >= 0.6 is 0 Å². The van der Waals surface area contributed by atoms with Gasteiger partial charge in [-0.3, -0.25) is 9.59 Å². The van der Waals surface area contributed by atoms with E-state index in [0.717, 1.165) is 16.9 Å². The Hall–Kier alpha value is -2.89. The van der Waals surface area contributed by atoms with Crippen LogP contribution in [-0.4, -0.2) is 20.9 Å². The molecule has 0 saturated heterocycles. The van der Waals surface area contributed by atoms with Crippen LogP contribution in [-0.2, 0) is 0 Å². The van der Waals surface area contributed by atoms with Crippen molar-refractivity contribution in [1.29, 1.82) is 0 Å². The molecule has 0 unspecified atom stereocenters. The number of hydrogen-bond donors (Lipinski definition) is 3. The van der Waals surface area contributed by atoms with Crippen molar-refractivity contribution in [3.8, 4) is 0 Å². The zero-order chi connectivity index (χ0) is 15.0. The Morgan fingerprint density at radius 2 is 2.05 bits per heavy atom. The molecule has 0 atom stereocenters. The number of aromatic amines is 2. The molecule has 0 radical (unpaired) electrons. The van der Waals surface area contributed by atoms with E-state index >= 15 is 0 Å². The summed E-state index contributed by atoms with van der Waals surface area (Å²) < 4.78 is 0. The second kappa shape index (κ2) is 4.90. The third kappa shape index (κ3) is 2.55. The lowest BCUT2D eigenvalue weighted by atomic mass is 10.2. The van der Waals surface area contributed by atoms with Crippen LogP contribution in [0.3, 0.4) is 0 Å². The number of nitrogens with one attached hydrogen (secondary N) is 3. The van der Waals surface area contributed by atoms with Gasteiger partial charge in [0.1, 0.15) is 11.4 Å². The fraction of sp³-hybridized carbons (Fsp3) is 0.133. The number of hydrogen-bond acceptors (Lipinski definition) is 3. The number of H-pyrrole nitrogens is 2. The summed E-state index contributed by atoms with van der Waals surface area (Å²) in [7, 11) is 0. The zero-order valence-electron chi connectivity index (χ0n) is 11.7. The predicted molar refractivity (Wildman–Crippen MR) is 80.6 cm³/mol. The van der Waals surface area contributed by atoms with Gasteiger partial charge in [-0.1, -0.05) is 0 Å². The molecule has 0 aliphatic heterocycles. The quantitative estimate of drug-likeness (QED) is 0.672. The van der Waals surface area contributed by atoms with Crippen molar-refractivity contribution < 1.29 is 4.79 Å². The molecule has 0 saturated carbocycles. The average molecular weight is 282 g/mol. The molecule has 3 N–H and O–H groups in total. The van der Waals surface area contributed by atoms with E-state index in [9.17, 15) is 9.59 Å². The lowest BCUT2D eigenvalue weighted by Crippen LogP contribution is -2.21. The van der Waals surface area contributed by atoms with Gasteiger partial charge in [0.25, 0.3) is 5.91 Å². The Morgan fingerprint density at radius 1 is 1.24 bits per heavy atom. The Labute approximate surface area is 120 Å². The van der Waals surface area contributed by atoms with E-state index in [-0.39, 0.29) is 11.0 Å². The number of aryl methyl sites for hydroxylation is 2. The fourth-order valence-electron chi connectivity index (χ4n) is 2.16. The molecule has 0 aliphatic carbocycles. The Kier molecular flexibility index (Phi) is 3.06. The number of anilines is 1. The number of pyridine rings is 1. The number of rotatable bonds is 2. The molecule has 0 fully saturated rings. The highest BCUT2D eigenvalue weighted by atomic mass is 16.2. The molecule has 0 bridgehead atoms. The van der Waals surface area contributed by atoms with Crippen molar-refractivity contribution in [3.05, 3.63) is 57.8 Å². The van der Waals surface area contributed by atoms with Crippen LogP contribution < -0.4 is 10.7 Å². The fourth-order valence-corrected chi connectivity index (χ4v) is 2.16. The molecule has 6 heteroatoms. The summed E-state index contributed by atoms with van der Waals surface area (Å²) in [5, 5.41) is 2.71. The van der Waals surface area contributed by atoms with Gasteiger partial charge in [-0.2, -0.15) is 0 Å². The molecule has 6 nitrogen and oxygen atoms in total. The molecule has 2 heterocycles. The first kappa shape index (κ1) is 13.1. The minimum atomic E-state index is -0.438. The highest BCUT2D eigenvalue weighted by molar-refractivity contribution is 6.04. The maximum Gasteiger partial charge on any atom is 0.261 e. The SMILES string of the molecule is Cc1cc(=O)c(C(=O)Nc2ccc3nc(C)[nH]c3c2)c[nH]1. The predicted octanol–water partition coefficient (Wildman–Crippen LogP) is 2.12. The van der Waals surface area contributed by atoms with Crippen LogP contribution in [0.5, 0.6) is 0 Å². The average Bonchev–Trinajstić information content (AvgIpc) is 2.77. The molecule has 0 spiro atoms. The molecule has 1 aromatic carbocycles. The normalized spacial score (nSPS) is 10.8. The molecule has 21 heavy (non-hydrogen) atoms. The minimum Gasteiger partial charge on any atom is -0.364 e. The summed E-state index contributed by atoms with van der Waals surface area (Å²) >= 11 is 0. The first-order chi connectivity index (χ1) is 10.0. The van der Waals surface area contributed by atoms with Crippen molar-refractivity contribution in [3.63, 3.8) is 0 Å². The van der Waals surface area contributed by atoms with Crippen molar-refractivity contribution in [2.75, 3.05) is 5.32 Å². The van der Waals surface area contributed by atoms with Gasteiger partial charge in [0.05, 0.1) is 11.0 Å². The molecule has 3 aromatic rings. The Bertz CT molecular complexity index is 892. The first-order valence-corrected chi connectivity index (χ1v) is 6.50. The van der Waals surface area contributed by atoms with Gasteiger partial charge >= 0.3 is 0 Å². The number of fused-ring (bicyclic) bond motifs is 1. The summed E-state index contributed by atoms with van der Waals surface area (Å²) in [6, 6.07) is 6.75. The number of aromatic nitrogens is 3. The van der Waals surface area contributed by atoms with Gasteiger partial charge < -0.3 is 15.3 Å². The van der Waals surface area contributed by atoms with E-state index in [0.29, 0.717) is 11.4 Å². The summed E-state index contributed by atoms with van der Waals surface area (Å²) in [6.07, 6.45) is 1.42. The Balaban J connectivity index is 1.90. The van der Waals surface area contributed by atoms with Crippen LogP contribution in [0.2, 0.25) is 0 Å². The van der Waals surface area contributed by atoms with Gasteiger partial charge in [0.2, 0.25) is 0 Å².